The Kier molecular flexibility index (Phi) is 8.79. The topological polar surface area (TPSA) is 51.8 Å². The quantitative estimate of drug-likeness (QED) is 0.161. The van der Waals surface area contributed by atoms with Crippen LogP contribution in [-0.2, 0) is 0 Å². The number of hydrogen-bond donors (Lipinski definition) is 0. The van der Waals surface area contributed by atoms with Crippen molar-refractivity contribution in [1.82, 2.24) is 15.0 Å². The molecule has 12 aromatic rings. The molecule has 0 aliphatic carbocycles. The van der Waals surface area contributed by atoms with Gasteiger partial charge in [0, 0.05) is 38.6 Å². The van der Waals surface area contributed by atoms with Crippen molar-refractivity contribution < 1.29 is 4.42 Å². The van der Waals surface area contributed by atoms with Crippen LogP contribution in [0.15, 0.2) is 229 Å². The number of para-hydroxylation sites is 2. The average molecular weight is 804 g/mol. The summed E-state index contributed by atoms with van der Waals surface area (Å²) in [7, 11) is 0. The van der Waals surface area contributed by atoms with Gasteiger partial charge in [-0.25, -0.2) is 15.0 Å². The Morgan fingerprint density at radius 2 is 0.794 bits per heavy atom. The van der Waals surface area contributed by atoms with Crippen molar-refractivity contribution in [3.8, 4) is 78.5 Å². The summed E-state index contributed by atoms with van der Waals surface area (Å²) in [5, 5.41) is 5.40. The van der Waals surface area contributed by atoms with Gasteiger partial charge in [0.2, 0.25) is 0 Å². The van der Waals surface area contributed by atoms with Gasteiger partial charge in [-0.3, -0.25) is 0 Å². The lowest BCUT2D eigenvalue weighted by Crippen LogP contribution is -1.96. The highest BCUT2D eigenvalue weighted by Crippen LogP contribution is 2.43. The van der Waals surface area contributed by atoms with Crippen LogP contribution in [0.5, 0.6) is 0 Å². The molecule has 12 rings (SSSR count). The molecule has 9 aromatic carbocycles. The number of nitrogens with zero attached hydrogens (tertiary/aromatic N) is 3. The third-order valence-corrected chi connectivity index (χ3v) is 12.1. The lowest BCUT2D eigenvalue weighted by Gasteiger charge is -2.13. The van der Waals surface area contributed by atoms with Gasteiger partial charge in [0.05, 0.1) is 28.0 Å². The minimum absolute atomic E-state index is 0.674. The van der Waals surface area contributed by atoms with Crippen molar-refractivity contribution >= 4 is 43.6 Å². The van der Waals surface area contributed by atoms with E-state index in [0.717, 1.165) is 99.8 Å². The second-order valence-electron chi connectivity index (χ2n) is 15.9. The molecule has 0 saturated carbocycles. The molecule has 4 nitrogen and oxygen atoms in total. The van der Waals surface area contributed by atoms with Gasteiger partial charge in [-0.1, -0.05) is 206 Å². The van der Waals surface area contributed by atoms with E-state index in [-0.39, 0.29) is 0 Å². The SMILES string of the molecule is c1ccc(-c2ccc(-c3cc(-c4ccc(-c5cccc6c5nc(-c5cccc7ccccc57)c5c7ccccc7oc65)cc4)nc(-c4ccc(-c5ccccc5)cc4)n3)cc2)cc1. The highest BCUT2D eigenvalue weighted by Gasteiger charge is 2.21. The van der Waals surface area contributed by atoms with Crippen LogP contribution in [0.1, 0.15) is 0 Å². The number of benzene rings is 9. The van der Waals surface area contributed by atoms with Crippen LogP contribution in [0.4, 0.5) is 0 Å². The van der Waals surface area contributed by atoms with Crippen molar-refractivity contribution in [3.63, 3.8) is 0 Å². The van der Waals surface area contributed by atoms with E-state index in [9.17, 15) is 0 Å². The fourth-order valence-corrected chi connectivity index (χ4v) is 8.94. The van der Waals surface area contributed by atoms with Crippen molar-refractivity contribution in [3.05, 3.63) is 224 Å². The molecule has 0 amide bonds. The van der Waals surface area contributed by atoms with E-state index in [1.54, 1.807) is 0 Å². The Labute approximate surface area is 364 Å². The summed E-state index contributed by atoms with van der Waals surface area (Å²) in [4.78, 5) is 15.9. The number of fused-ring (bicyclic) bond motifs is 6. The molecule has 0 spiro atoms. The normalized spacial score (nSPS) is 11.5. The molecule has 63 heavy (non-hydrogen) atoms. The summed E-state index contributed by atoms with van der Waals surface area (Å²) in [5.74, 6) is 0.674. The smallest absolute Gasteiger partial charge is 0.160 e. The number of rotatable bonds is 7. The molecule has 4 heteroatoms. The van der Waals surface area contributed by atoms with E-state index in [1.807, 2.05) is 24.3 Å². The predicted octanol–water partition coefficient (Wildman–Crippen LogP) is 15.7. The Bertz CT molecular complexity index is 3530. The van der Waals surface area contributed by atoms with E-state index in [2.05, 4.69) is 200 Å². The summed E-state index contributed by atoms with van der Waals surface area (Å²) < 4.78 is 6.71. The molecule has 0 atom stereocenters. The molecule has 0 saturated heterocycles. The fraction of sp³-hybridized carbons (Fsp3) is 0. The molecule has 0 bridgehead atoms. The zero-order valence-electron chi connectivity index (χ0n) is 34.1. The highest BCUT2D eigenvalue weighted by atomic mass is 16.3. The fourth-order valence-electron chi connectivity index (χ4n) is 8.94. The van der Waals surface area contributed by atoms with Gasteiger partial charge in [0.25, 0.3) is 0 Å². The van der Waals surface area contributed by atoms with E-state index < -0.39 is 0 Å². The standard InChI is InChI=1S/C59H37N3O/c1-3-13-38(14-4-1)40-25-31-44(32-26-40)52-37-53(61-59(60-52)46-35-27-41(28-36-46)39-15-5-2-6-16-39)45-33-29-43(30-34-45)48-21-12-23-51-56(48)62-57(49-22-11-18-42-17-7-8-19-47(42)49)55-50-20-9-10-24-54(50)63-58(51)55/h1-37H. The highest BCUT2D eigenvalue weighted by molar-refractivity contribution is 6.22. The Hall–Kier alpha value is -8.47. The molecule has 0 unspecified atom stereocenters. The molecule has 0 aliphatic heterocycles. The minimum Gasteiger partial charge on any atom is -0.455 e. The molecule has 3 heterocycles. The first kappa shape index (κ1) is 36.4. The Morgan fingerprint density at radius 3 is 1.46 bits per heavy atom. The van der Waals surface area contributed by atoms with Crippen molar-refractivity contribution in [2.75, 3.05) is 0 Å². The third kappa shape index (κ3) is 6.53. The lowest BCUT2D eigenvalue weighted by molar-refractivity contribution is 0.672. The molecule has 294 valence electrons. The first-order chi connectivity index (χ1) is 31.2. The molecule has 3 aromatic heterocycles. The van der Waals surface area contributed by atoms with Gasteiger partial charge in [0.15, 0.2) is 5.82 Å². The molecular formula is C59H37N3O. The first-order valence-electron chi connectivity index (χ1n) is 21.3. The predicted molar refractivity (Wildman–Crippen MR) is 260 cm³/mol. The molecule has 0 radical (unpaired) electrons. The van der Waals surface area contributed by atoms with Gasteiger partial charge < -0.3 is 4.42 Å². The van der Waals surface area contributed by atoms with E-state index in [0.29, 0.717) is 5.82 Å². The van der Waals surface area contributed by atoms with Crippen LogP contribution in [-0.4, -0.2) is 15.0 Å². The molecular weight excluding hydrogens is 767 g/mol. The molecule has 0 fully saturated rings. The van der Waals surface area contributed by atoms with E-state index in [1.165, 1.54) is 16.5 Å². The van der Waals surface area contributed by atoms with Crippen LogP contribution >= 0.6 is 0 Å². The summed E-state index contributed by atoms with van der Waals surface area (Å²) in [5.41, 5.74) is 16.0. The van der Waals surface area contributed by atoms with Crippen LogP contribution < -0.4 is 0 Å². The maximum absolute atomic E-state index is 6.71. The minimum atomic E-state index is 0.674. The van der Waals surface area contributed by atoms with E-state index in [4.69, 9.17) is 19.4 Å². The maximum atomic E-state index is 6.71. The van der Waals surface area contributed by atoms with Crippen molar-refractivity contribution in [1.29, 1.82) is 0 Å². The largest absolute Gasteiger partial charge is 0.455 e. The lowest BCUT2D eigenvalue weighted by atomic mass is 9.95. The van der Waals surface area contributed by atoms with Gasteiger partial charge in [-0.15, -0.1) is 0 Å². The summed E-state index contributed by atoms with van der Waals surface area (Å²) >= 11 is 0. The first-order valence-corrected chi connectivity index (χ1v) is 21.3. The third-order valence-electron chi connectivity index (χ3n) is 12.1. The summed E-state index contributed by atoms with van der Waals surface area (Å²) in [6.45, 7) is 0. The zero-order valence-corrected chi connectivity index (χ0v) is 34.1. The monoisotopic (exact) mass is 803 g/mol. The number of aromatic nitrogens is 3. The molecule has 0 N–H and O–H groups in total. The van der Waals surface area contributed by atoms with Crippen LogP contribution in [0.25, 0.3) is 122 Å². The second kappa shape index (κ2) is 15.2. The Balaban J connectivity index is 0.979. The van der Waals surface area contributed by atoms with Crippen LogP contribution in [0.3, 0.4) is 0 Å². The number of pyridine rings is 1. The van der Waals surface area contributed by atoms with Gasteiger partial charge in [-0.05, 0) is 56.8 Å². The van der Waals surface area contributed by atoms with Crippen LogP contribution in [0, 0.1) is 0 Å². The van der Waals surface area contributed by atoms with Gasteiger partial charge in [-0.2, -0.15) is 0 Å². The summed E-state index contributed by atoms with van der Waals surface area (Å²) in [6, 6.07) is 78.4. The zero-order chi connectivity index (χ0) is 41.7. The number of hydrogen-bond acceptors (Lipinski definition) is 4. The van der Waals surface area contributed by atoms with Gasteiger partial charge in [0.1, 0.15) is 11.2 Å². The molecule has 0 aliphatic rings. The van der Waals surface area contributed by atoms with Gasteiger partial charge >= 0.3 is 0 Å². The average Bonchev–Trinajstić information content (AvgIpc) is 3.77. The van der Waals surface area contributed by atoms with Crippen LogP contribution in [0.2, 0.25) is 0 Å². The van der Waals surface area contributed by atoms with Crippen molar-refractivity contribution in [2.24, 2.45) is 0 Å². The summed E-state index contributed by atoms with van der Waals surface area (Å²) in [6.07, 6.45) is 0. The van der Waals surface area contributed by atoms with E-state index >= 15 is 0 Å². The number of furan rings is 1. The Morgan fingerprint density at radius 1 is 0.317 bits per heavy atom. The maximum Gasteiger partial charge on any atom is 0.160 e. The van der Waals surface area contributed by atoms with Crippen molar-refractivity contribution in [2.45, 2.75) is 0 Å². The second-order valence-corrected chi connectivity index (χ2v) is 15.9.